The maximum atomic E-state index is 11.2. The average molecular weight is 240 g/mol. The molecule has 0 saturated carbocycles. The smallest absolute Gasteiger partial charge is 0.0576 e. The number of nitrogens with two attached hydrogens (primary N) is 1. The second-order valence-electron chi connectivity index (χ2n) is 4.12. The maximum absolute atomic E-state index is 11.2. The standard InChI is InChI=1S/C12H20N2OS/c1-9-4-5-11(13)12(8-9)14-7-6-10(2)16(3)15/h4-5,8,10,14H,6-7,13H2,1-3H3. The molecule has 0 bridgehead atoms. The van der Waals surface area contributed by atoms with E-state index in [1.807, 2.05) is 32.0 Å². The van der Waals surface area contributed by atoms with E-state index in [1.54, 1.807) is 6.26 Å². The fraction of sp³-hybridized carbons (Fsp3) is 0.500. The predicted molar refractivity (Wildman–Crippen MR) is 72.2 cm³/mol. The lowest BCUT2D eigenvalue weighted by Crippen LogP contribution is -2.15. The fourth-order valence-corrected chi connectivity index (χ4v) is 1.85. The molecule has 1 rings (SSSR count). The topological polar surface area (TPSA) is 55.1 Å². The Morgan fingerprint density at radius 2 is 2.19 bits per heavy atom. The third kappa shape index (κ3) is 3.85. The summed E-state index contributed by atoms with van der Waals surface area (Å²) in [5.41, 5.74) is 8.75. The Kier molecular flexibility index (Phi) is 4.80. The summed E-state index contributed by atoms with van der Waals surface area (Å²) >= 11 is 0. The van der Waals surface area contributed by atoms with Crippen LogP contribution in [0.2, 0.25) is 0 Å². The Morgan fingerprint density at radius 3 is 2.81 bits per heavy atom. The molecule has 3 N–H and O–H groups in total. The predicted octanol–water partition coefficient (Wildman–Crippen LogP) is 2.15. The third-order valence-electron chi connectivity index (χ3n) is 2.64. The van der Waals surface area contributed by atoms with Crippen LogP contribution in [-0.2, 0) is 10.8 Å². The molecule has 0 saturated heterocycles. The van der Waals surface area contributed by atoms with Crippen molar-refractivity contribution in [2.75, 3.05) is 23.9 Å². The van der Waals surface area contributed by atoms with E-state index in [1.165, 1.54) is 5.56 Å². The minimum atomic E-state index is -0.749. The van der Waals surface area contributed by atoms with Gasteiger partial charge in [0.15, 0.2) is 0 Å². The van der Waals surface area contributed by atoms with Gasteiger partial charge in [-0.2, -0.15) is 0 Å². The number of aryl methyl sites for hydroxylation is 1. The molecule has 4 heteroatoms. The second kappa shape index (κ2) is 5.89. The van der Waals surface area contributed by atoms with Crippen LogP contribution in [0.15, 0.2) is 18.2 Å². The van der Waals surface area contributed by atoms with Gasteiger partial charge in [0.05, 0.1) is 11.4 Å². The molecule has 0 amide bonds. The SMILES string of the molecule is Cc1ccc(N)c(NCCC(C)S(C)=O)c1. The summed E-state index contributed by atoms with van der Waals surface area (Å²) in [5, 5.41) is 3.50. The molecule has 2 atom stereocenters. The highest BCUT2D eigenvalue weighted by atomic mass is 32.2. The lowest BCUT2D eigenvalue weighted by atomic mass is 10.2. The molecule has 0 spiro atoms. The van der Waals surface area contributed by atoms with Crippen LogP contribution in [0.4, 0.5) is 11.4 Å². The van der Waals surface area contributed by atoms with Crippen LogP contribution in [-0.4, -0.2) is 22.3 Å². The first-order chi connectivity index (χ1) is 7.50. The Labute approximate surface area is 99.9 Å². The number of hydrogen-bond acceptors (Lipinski definition) is 3. The molecule has 3 nitrogen and oxygen atoms in total. The molecule has 0 heterocycles. The number of benzene rings is 1. The zero-order chi connectivity index (χ0) is 12.1. The van der Waals surface area contributed by atoms with Crippen molar-refractivity contribution in [3.63, 3.8) is 0 Å². The summed E-state index contributed by atoms with van der Waals surface area (Å²) in [5.74, 6) is 0. The zero-order valence-corrected chi connectivity index (χ0v) is 10.9. The first-order valence-corrected chi connectivity index (χ1v) is 7.05. The Balaban J connectivity index is 2.48. The molecule has 0 aliphatic carbocycles. The van der Waals surface area contributed by atoms with Crippen LogP contribution in [0.3, 0.4) is 0 Å². The summed E-state index contributed by atoms with van der Waals surface area (Å²) in [6.45, 7) is 4.83. The van der Waals surface area contributed by atoms with Gasteiger partial charge in [0, 0.05) is 28.9 Å². The lowest BCUT2D eigenvalue weighted by molar-refractivity contribution is 0.672. The number of nitrogens with one attached hydrogen (secondary N) is 1. The van der Waals surface area contributed by atoms with Crippen LogP contribution in [0.25, 0.3) is 0 Å². The first kappa shape index (κ1) is 13.0. The molecule has 1 aromatic carbocycles. The Morgan fingerprint density at radius 1 is 1.50 bits per heavy atom. The summed E-state index contributed by atoms with van der Waals surface area (Å²) < 4.78 is 11.2. The Bertz CT molecular complexity index is 379. The molecule has 0 fully saturated rings. The zero-order valence-electron chi connectivity index (χ0n) is 10.1. The van der Waals surface area contributed by atoms with Gasteiger partial charge in [0.25, 0.3) is 0 Å². The van der Waals surface area contributed by atoms with Gasteiger partial charge < -0.3 is 11.1 Å². The van der Waals surface area contributed by atoms with Crippen LogP contribution in [0, 0.1) is 6.92 Å². The van der Waals surface area contributed by atoms with Crippen LogP contribution in [0.1, 0.15) is 18.9 Å². The van der Waals surface area contributed by atoms with E-state index in [9.17, 15) is 4.21 Å². The number of anilines is 2. The van der Waals surface area contributed by atoms with Crippen molar-refractivity contribution < 1.29 is 4.21 Å². The largest absolute Gasteiger partial charge is 0.397 e. The van der Waals surface area contributed by atoms with Crippen LogP contribution in [0.5, 0.6) is 0 Å². The van der Waals surface area contributed by atoms with E-state index >= 15 is 0 Å². The van der Waals surface area contributed by atoms with Gasteiger partial charge in [-0.25, -0.2) is 0 Å². The van der Waals surface area contributed by atoms with Gasteiger partial charge in [-0.1, -0.05) is 13.0 Å². The number of hydrogen-bond donors (Lipinski definition) is 2. The van der Waals surface area contributed by atoms with E-state index < -0.39 is 10.8 Å². The highest BCUT2D eigenvalue weighted by molar-refractivity contribution is 7.84. The molecule has 16 heavy (non-hydrogen) atoms. The highest BCUT2D eigenvalue weighted by Crippen LogP contribution is 2.19. The van der Waals surface area contributed by atoms with Crippen molar-refractivity contribution in [3.05, 3.63) is 23.8 Å². The van der Waals surface area contributed by atoms with E-state index in [0.29, 0.717) is 0 Å². The van der Waals surface area contributed by atoms with E-state index in [2.05, 4.69) is 5.32 Å². The molecule has 0 aromatic heterocycles. The first-order valence-electron chi connectivity index (χ1n) is 5.43. The second-order valence-corrected chi connectivity index (χ2v) is 5.92. The van der Waals surface area contributed by atoms with Gasteiger partial charge >= 0.3 is 0 Å². The van der Waals surface area contributed by atoms with Gasteiger partial charge in [0.2, 0.25) is 0 Å². The lowest BCUT2D eigenvalue weighted by Gasteiger charge is -2.12. The minimum Gasteiger partial charge on any atom is -0.397 e. The van der Waals surface area contributed by atoms with Crippen molar-refractivity contribution in [1.29, 1.82) is 0 Å². The van der Waals surface area contributed by atoms with E-state index in [0.717, 1.165) is 24.3 Å². The molecule has 90 valence electrons. The quantitative estimate of drug-likeness (QED) is 0.775. The van der Waals surface area contributed by atoms with Gasteiger partial charge in [-0.3, -0.25) is 4.21 Å². The van der Waals surface area contributed by atoms with Crippen molar-refractivity contribution in [2.45, 2.75) is 25.5 Å². The highest BCUT2D eigenvalue weighted by Gasteiger charge is 2.05. The van der Waals surface area contributed by atoms with Crippen LogP contribution < -0.4 is 11.1 Å². The van der Waals surface area contributed by atoms with Crippen molar-refractivity contribution >= 4 is 22.2 Å². The molecular weight excluding hydrogens is 220 g/mol. The third-order valence-corrected chi connectivity index (χ3v) is 4.01. The van der Waals surface area contributed by atoms with Gasteiger partial charge in [0.1, 0.15) is 0 Å². The average Bonchev–Trinajstić information content (AvgIpc) is 2.22. The maximum Gasteiger partial charge on any atom is 0.0576 e. The Hall–Kier alpha value is -1.03. The minimum absolute atomic E-state index is 0.221. The van der Waals surface area contributed by atoms with E-state index in [-0.39, 0.29) is 5.25 Å². The normalized spacial score (nSPS) is 14.4. The molecule has 0 aliphatic rings. The summed E-state index contributed by atoms with van der Waals surface area (Å²) in [6.07, 6.45) is 2.63. The van der Waals surface area contributed by atoms with Crippen molar-refractivity contribution in [3.8, 4) is 0 Å². The number of rotatable bonds is 5. The molecule has 2 unspecified atom stereocenters. The van der Waals surface area contributed by atoms with Crippen LogP contribution >= 0.6 is 0 Å². The van der Waals surface area contributed by atoms with Gasteiger partial charge in [-0.05, 0) is 31.0 Å². The van der Waals surface area contributed by atoms with Crippen molar-refractivity contribution in [1.82, 2.24) is 0 Å². The van der Waals surface area contributed by atoms with E-state index in [4.69, 9.17) is 5.73 Å². The summed E-state index contributed by atoms with van der Waals surface area (Å²) in [4.78, 5) is 0. The van der Waals surface area contributed by atoms with Gasteiger partial charge in [-0.15, -0.1) is 0 Å². The van der Waals surface area contributed by atoms with Crippen molar-refractivity contribution in [2.24, 2.45) is 0 Å². The summed E-state index contributed by atoms with van der Waals surface area (Å²) in [6, 6.07) is 5.92. The molecule has 1 aromatic rings. The molecule has 0 radical (unpaired) electrons. The monoisotopic (exact) mass is 240 g/mol. The fourth-order valence-electron chi connectivity index (χ4n) is 1.40. The molecular formula is C12H20N2OS. The molecule has 0 aliphatic heterocycles. The number of nitrogen functional groups attached to an aromatic ring is 1. The summed E-state index contributed by atoms with van der Waals surface area (Å²) in [7, 11) is -0.749.